The molecule has 2 aliphatic rings. The molecule has 0 spiro atoms. The molecule has 3 rings (SSSR count). The Morgan fingerprint density at radius 2 is 1.89 bits per heavy atom. The standard InChI is InChI=1S/C14H21N3O2/c1-18-13-11(10(7-15)8-3-4-8)12(9-5-6-9)16-14(17-13)19-2/h8-10H,3-7,15H2,1-2H3. The summed E-state index contributed by atoms with van der Waals surface area (Å²) in [6.45, 7) is 0.635. The first kappa shape index (κ1) is 12.7. The highest BCUT2D eigenvalue weighted by molar-refractivity contribution is 5.40. The molecule has 19 heavy (non-hydrogen) atoms. The number of methoxy groups -OCH3 is 2. The number of nitrogens with two attached hydrogens (primary N) is 1. The number of hydrogen-bond acceptors (Lipinski definition) is 5. The minimum Gasteiger partial charge on any atom is -0.481 e. The van der Waals surface area contributed by atoms with Crippen LogP contribution in [0.1, 0.15) is 48.8 Å². The third-order valence-electron chi connectivity index (χ3n) is 4.08. The van der Waals surface area contributed by atoms with Gasteiger partial charge in [-0.15, -0.1) is 0 Å². The van der Waals surface area contributed by atoms with E-state index in [2.05, 4.69) is 9.97 Å². The van der Waals surface area contributed by atoms with E-state index in [4.69, 9.17) is 15.2 Å². The van der Waals surface area contributed by atoms with Crippen molar-refractivity contribution in [1.82, 2.24) is 9.97 Å². The van der Waals surface area contributed by atoms with Crippen molar-refractivity contribution in [1.29, 1.82) is 0 Å². The molecule has 0 saturated heterocycles. The van der Waals surface area contributed by atoms with Crippen molar-refractivity contribution in [3.05, 3.63) is 11.3 Å². The molecule has 5 heteroatoms. The molecular formula is C14H21N3O2. The molecule has 2 fully saturated rings. The van der Waals surface area contributed by atoms with Gasteiger partial charge in [0.05, 0.1) is 19.9 Å². The highest BCUT2D eigenvalue weighted by Gasteiger charge is 2.39. The molecule has 2 N–H and O–H groups in total. The second-order valence-corrected chi connectivity index (χ2v) is 5.47. The zero-order valence-corrected chi connectivity index (χ0v) is 11.6. The van der Waals surface area contributed by atoms with Crippen LogP contribution >= 0.6 is 0 Å². The van der Waals surface area contributed by atoms with Gasteiger partial charge in [0.25, 0.3) is 0 Å². The summed E-state index contributed by atoms with van der Waals surface area (Å²) >= 11 is 0. The summed E-state index contributed by atoms with van der Waals surface area (Å²) in [5, 5.41) is 0. The topological polar surface area (TPSA) is 70.3 Å². The zero-order chi connectivity index (χ0) is 13.4. The minimum atomic E-state index is 0.330. The molecule has 1 unspecified atom stereocenters. The summed E-state index contributed by atoms with van der Waals surface area (Å²) in [7, 11) is 3.24. The summed E-state index contributed by atoms with van der Waals surface area (Å²) in [5.74, 6) is 2.19. The lowest BCUT2D eigenvalue weighted by molar-refractivity contribution is 0.342. The van der Waals surface area contributed by atoms with Crippen LogP contribution in [0.25, 0.3) is 0 Å². The monoisotopic (exact) mass is 263 g/mol. The molecule has 0 aliphatic heterocycles. The second kappa shape index (κ2) is 4.96. The highest BCUT2D eigenvalue weighted by atomic mass is 16.5. The Hall–Kier alpha value is -1.36. The lowest BCUT2D eigenvalue weighted by Gasteiger charge is -2.20. The van der Waals surface area contributed by atoms with Gasteiger partial charge in [-0.2, -0.15) is 9.97 Å². The minimum absolute atomic E-state index is 0.330. The SMILES string of the molecule is COc1nc(OC)c(C(CN)C2CC2)c(C2CC2)n1. The van der Waals surface area contributed by atoms with Crippen LogP contribution in [0, 0.1) is 5.92 Å². The molecular weight excluding hydrogens is 242 g/mol. The lowest BCUT2D eigenvalue weighted by Crippen LogP contribution is -2.19. The van der Waals surface area contributed by atoms with Crippen LogP contribution in [0.4, 0.5) is 0 Å². The second-order valence-electron chi connectivity index (χ2n) is 5.47. The Kier molecular flexibility index (Phi) is 3.31. The number of aromatic nitrogens is 2. The molecule has 5 nitrogen and oxygen atoms in total. The highest BCUT2D eigenvalue weighted by Crippen LogP contribution is 2.50. The van der Waals surface area contributed by atoms with Gasteiger partial charge in [0.2, 0.25) is 5.88 Å². The molecule has 104 valence electrons. The van der Waals surface area contributed by atoms with Crippen LogP contribution in [0.15, 0.2) is 0 Å². The van der Waals surface area contributed by atoms with E-state index in [0.29, 0.717) is 36.2 Å². The summed E-state index contributed by atoms with van der Waals surface area (Å²) in [6, 6.07) is 0.397. The molecule has 0 bridgehead atoms. The zero-order valence-electron chi connectivity index (χ0n) is 11.6. The third kappa shape index (κ3) is 2.39. The normalized spacial score (nSPS) is 20.2. The Labute approximate surface area is 113 Å². The predicted molar refractivity (Wildman–Crippen MR) is 71.6 cm³/mol. The van der Waals surface area contributed by atoms with E-state index in [1.165, 1.54) is 25.7 Å². The molecule has 1 aromatic heterocycles. The van der Waals surface area contributed by atoms with Gasteiger partial charge in [-0.05, 0) is 38.1 Å². The van der Waals surface area contributed by atoms with E-state index >= 15 is 0 Å². The van der Waals surface area contributed by atoms with Crippen molar-refractivity contribution in [2.24, 2.45) is 11.7 Å². The maximum absolute atomic E-state index is 5.99. The summed E-state index contributed by atoms with van der Waals surface area (Å²) < 4.78 is 10.7. The molecule has 1 aromatic rings. The van der Waals surface area contributed by atoms with Crippen LogP contribution in [0.3, 0.4) is 0 Å². The quantitative estimate of drug-likeness (QED) is 0.847. The van der Waals surface area contributed by atoms with Gasteiger partial charge in [-0.3, -0.25) is 0 Å². The smallest absolute Gasteiger partial charge is 0.319 e. The van der Waals surface area contributed by atoms with E-state index < -0.39 is 0 Å². The number of ether oxygens (including phenoxy) is 2. The van der Waals surface area contributed by atoms with Gasteiger partial charge in [-0.1, -0.05) is 0 Å². The molecule has 0 amide bonds. The van der Waals surface area contributed by atoms with Crippen LogP contribution in [-0.4, -0.2) is 30.7 Å². The summed E-state index contributed by atoms with van der Waals surface area (Å²) in [6.07, 6.45) is 4.89. The van der Waals surface area contributed by atoms with E-state index in [0.717, 1.165) is 11.3 Å². The fourth-order valence-corrected chi connectivity index (χ4v) is 2.75. The Balaban J connectivity index is 2.07. The van der Waals surface area contributed by atoms with Gasteiger partial charge in [0, 0.05) is 17.4 Å². The van der Waals surface area contributed by atoms with Crippen molar-refractivity contribution < 1.29 is 9.47 Å². The summed E-state index contributed by atoms with van der Waals surface area (Å²) in [4.78, 5) is 8.92. The van der Waals surface area contributed by atoms with Crippen LogP contribution in [-0.2, 0) is 0 Å². The van der Waals surface area contributed by atoms with Gasteiger partial charge in [-0.25, -0.2) is 0 Å². The molecule has 1 atom stereocenters. The third-order valence-corrected chi connectivity index (χ3v) is 4.08. The molecule has 0 aromatic carbocycles. The predicted octanol–water partition coefficient (Wildman–Crippen LogP) is 1.82. The van der Waals surface area contributed by atoms with Crippen molar-refractivity contribution in [3.8, 4) is 11.9 Å². The average molecular weight is 263 g/mol. The first-order valence-electron chi connectivity index (χ1n) is 6.98. The van der Waals surface area contributed by atoms with Crippen molar-refractivity contribution >= 4 is 0 Å². The molecule has 1 heterocycles. The van der Waals surface area contributed by atoms with E-state index in [9.17, 15) is 0 Å². The van der Waals surface area contributed by atoms with Crippen molar-refractivity contribution in [2.45, 2.75) is 37.5 Å². The van der Waals surface area contributed by atoms with Gasteiger partial charge >= 0.3 is 6.01 Å². The van der Waals surface area contributed by atoms with Crippen molar-refractivity contribution in [3.63, 3.8) is 0 Å². The van der Waals surface area contributed by atoms with Crippen LogP contribution < -0.4 is 15.2 Å². The largest absolute Gasteiger partial charge is 0.481 e. The molecule has 2 saturated carbocycles. The number of hydrogen-bond donors (Lipinski definition) is 1. The average Bonchev–Trinajstić information content (AvgIpc) is 3.29. The van der Waals surface area contributed by atoms with Crippen molar-refractivity contribution in [2.75, 3.05) is 20.8 Å². The van der Waals surface area contributed by atoms with Gasteiger partial charge in [0.15, 0.2) is 0 Å². The number of nitrogens with zero attached hydrogens (tertiary/aromatic N) is 2. The molecule has 0 radical (unpaired) electrons. The van der Waals surface area contributed by atoms with E-state index in [-0.39, 0.29) is 0 Å². The maximum atomic E-state index is 5.99. The lowest BCUT2D eigenvalue weighted by atomic mass is 9.92. The fourth-order valence-electron chi connectivity index (χ4n) is 2.75. The first-order valence-corrected chi connectivity index (χ1v) is 6.98. The fraction of sp³-hybridized carbons (Fsp3) is 0.714. The Bertz CT molecular complexity index is 470. The summed E-state index contributed by atoms with van der Waals surface area (Å²) in [5.41, 5.74) is 8.22. The van der Waals surface area contributed by atoms with E-state index in [1.54, 1.807) is 14.2 Å². The Morgan fingerprint density at radius 3 is 2.37 bits per heavy atom. The molecule has 2 aliphatic carbocycles. The maximum Gasteiger partial charge on any atom is 0.319 e. The first-order chi connectivity index (χ1) is 9.28. The van der Waals surface area contributed by atoms with Gasteiger partial charge < -0.3 is 15.2 Å². The number of rotatable bonds is 6. The van der Waals surface area contributed by atoms with Crippen LogP contribution in [0.5, 0.6) is 11.9 Å². The Morgan fingerprint density at radius 1 is 1.16 bits per heavy atom. The van der Waals surface area contributed by atoms with Crippen LogP contribution in [0.2, 0.25) is 0 Å². The van der Waals surface area contributed by atoms with E-state index in [1.807, 2.05) is 0 Å². The van der Waals surface area contributed by atoms with Gasteiger partial charge in [0.1, 0.15) is 0 Å².